The van der Waals surface area contributed by atoms with Crippen molar-refractivity contribution >= 4 is 0 Å². The van der Waals surface area contributed by atoms with Gasteiger partial charge in [0.05, 0.1) is 5.69 Å². The molecule has 0 spiro atoms. The van der Waals surface area contributed by atoms with Crippen molar-refractivity contribution in [3.63, 3.8) is 0 Å². The smallest absolute Gasteiger partial charge is 0.0577 e. The Labute approximate surface area is 105 Å². The van der Waals surface area contributed by atoms with Crippen LogP contribution in [0.15, 0.2) is 12.1 Å². The number of pyridine rings is 1. The van der Waals surface area contributed by atoms with Crippen LogP contribution in [0.2, 0.25) is 0 Å². The summed E-state index contributed by atoms with van der Waals surface area (Å²) in [6.07, 6.45) is 2.42. The molecule has 2 rings (SSSR count). The van der Waals surface area contributed by atoms with E-state index in [9.17, 15) is 0 Å². The van der Waals surface area contributed by atoms with Gasteiger partial charge in [0.1, 0.15) is 0 Å². The van der Waals surface area contributed by atoms with Gasteiger partial charge in [-0.25, -0.2) is 0 Å². The Morgan fingerprint density at radius 1 is 1.35 bits per heavy atom. The number of fused-ring (bicyclic) bond motifs is 1. The SMILES string of the molecule is CC[C@@H]1CNCc2nc(C(C)(C)C)ccc2C1. The van der Waals surface area contributed by atoms with Crippen LogP contribution in [0.3, 0.4) is 0 Å². The summed E-state index contributed by atoms with van der Waals surface area (Å²) in [6, 6.07) is 4.50. The molecule has 0 aliphatic carbocycles. The maximum Gasteiger partial charge on any atom is 0.0577 e. The van der Waals surface area contributed by atoms with E-state index < -0.39 is 0 Å². The lowest BCUT2D eigenvalue weighted by Gasteiger charge is -2.19. The van der Waals surface area contributed by atoms with Gasteiger partial charge in [-0.2, -0.15) is 0 Å². The Kier molecular flexibility index (Phi) is 3.53. The third kappa shape index (κ3) is 2.86. The van der Waals surface area contributed by atoms with Gasteiger partial charge in [0.25, 0.3) is 0 Å². The molecule has 0 saturated carbocycles. The second kappa shape index (κ2) is 4.77. The molecule has 2 heteroatoms. The molecule has 1 atom stereocenters. The quantitative estimate of drug-likeness (QED) is 0.805. The summed E-state index contributed by atoms with van der Waals surface area (Å²) in [6.45, 7) is 11.0. The summed E-state index contributed by atoms with van der Waals surface area (Å²) in [5.41, 5.74) is 4.04. The zero-order valence-electron chi connectivity index (χ0n) is 11.5. The molecule has 1 aliphatic rings. The molecule has 0 unspecified atom stereocenters. The molecular formula is C15H24N2. The first-order valence-electron chi connectivity index (χ1n) is 6.70. The van der Waals surface area contributed by atoms with Gasteiger partial charge in [0.2, 0.25) is 0 Å². The number of hydrogen-bond donors (Lipinski definition) is 1. The molecule has 0 saturated heterocycles. The van der Waals surface area contributed by atoms with Crippen molar-refractivity contribution < 1.29 is 0 Å². The van der Waals surface area contributed by atoms with Crippen molar-refractivity contribution in [3.05, 3.63) is 29.1 Å². The van der Waals surface area contributed by atoms with Crippen molar-refractivity contribution in [2.75, 3.05) is 6.54 Å². The second-order valence-corrected chi connectivity index (χ2v) is 6.16. The molecular weight excluding hydrogens is 208 g/mol. The van der Waals surface area contributed by atoms with Gasteiger partial charge in [-0.15, -0.1) is 0 Å². The summed E-state index contributed by atoms with van der Waals surface area (Å²) in [7, 11) is 0. The molecule has 0 aromatic carbocycles. The molecule has 1 aromatic rings. The number of rotatable bonds is 1. The molecule has 17 heavy (non-hydrogen) atoms. The van der Waals surface area contributed by atoms with Crippen molar-refractivity contribution in [2.45, 2.75) is 52.5 Å². The highest BCUT2D eigenvalue weighted by Gasteiger charge is 2.20. The lowest BCUT2D eigenvalue weighted by atomic mass is 9.90. The van der Waals surface area contributed by atoms with Gasteiger partial charge in [-0.3, -0.25) is 4.98 Å². The number of nitrogens with zero attached hydrogens (tertiary/aromatic N) is 1. The largest absolute Gasteiger partial charge is 0.311 e. The van der Waals surface area contributed by atoms with E-state index in [1.165, 1.54) is 29.8 Å². The first-order chi connectivity index (χ1) is 8.00. The maximum absolute atomic E-state index is 4.85. The van der Waals surface area contributed by atoms with E-state index in [1.807, 2.05) is 0 Å². The van der Waals surface area contributed by atoms with Gasteiger partial charge in [-0.1, -0.05) is 40.2 Å². The van der Waals surface area contributed by atoms with Crippen LogP contribution in [0.4, 0.5) is 0 Å². The molecule has 2 nitrogen and oxygen atoms in total. The van der Waals surface area contributed by atoms with Gasteiger partial charge < -0.3 is 5.32 Å². The molecule has 0 bridgehead atoms. The Morgan fingerprint density at radius 3 is 2.76 bits per heavy atom. The summed E-state index contributed by atoms with van der Waals surface area (Å²) >= 11 is 0. The summed E-state index contributed by atoms with van der Waals surface area (Å²) < 4.78 is 0. The summed E-state index contributed by atoms with van der Waals surface area (Å²) in [5.74, 6) is 0.763. The molecule has 94 valence electrons. The minimum absolute atomic E-state index is 0.144. The van der Waals surface area contributed by atoms with Crippen LogP contribution in [-0.2, 0) is 18.4 Å². The van der Waals surface area contributed by atoms with Crippen molar-refractivity contribution in [1.82, 2.24) is 10.3 Å². The maximum atomic E-state index is 4.85. The molecule has 0 radical (unpaired) electrons. The van der Waals surface area contributed by atoms with Gasteiger partial charge in [0.15, 0.2) is 0 Å². The van der Waals surface area contributed by atoms with Crippen molar-refractivity contribution in [2.24, 2.45) is 5.92 Å². The van der Waals surface area contributed by atoms with Gasteiger partial charge in [-0.05, 0) is 30.5 Å². The van der Waals surface area contributed by atoms with Crippen LogP contribution < -0.4 is 5.32 Å². The highest BCUT2D eigenvalue weighted by molar-refractivity contribution is 5.27. The Morgan fingerprint density at radius 2 is 2.12 bits per heavy atom. The lowest BCUT2D eigenvalue weighted by Crippen LogP contribution is -2.20. The van der Waals surface area contributed by atoms with Gasteiger partial charge >= 0.3 is 0 Å². The highest BCUT2D eigenvalue weighted by atomic mass is 14.9. The molecule has 2 heterocycles. The summed E-state index contributed by atoms with van der Waals surface area (Å²) in [4.78, 5) is 4.85. The van der Waals surface area contributed by atoms with Crippen LogP contribution >= 0.6 is 0 Å². The van der Waals surface area contributed by atoms with E-state index in [-0.39, 0.29) is 5.41 Å². The standard InChI is InChI=1S/C15H24N2/c1-5-11-8-12-6-7-14(15(2,3)4)17-13(12)10-16-9-11/h6-7,11,16H,5,8-10H2,1-4H3/t11-/m0/s1. The van der Waals surface area contributed by atoms with Crippen LogP contribution in [0.5, 0.6) is 0 Å². The second-order valence-electron chi connectivity index (χ2n) is 6.16. The number of hydrogen-bond acceptors (Lipinski definition) is 2. The normalized spacial score (nSPS) is 20.8. The van der Waals surface area contributed by atoms with E-state index in [4.69, 9.17) is 4.98 Å². The van der Waals surface area contributed by atoms with E-state index in [2.05, 4.69) is 45.1 Å². The Hall–Kier alpha value is -0.890. The fourth-order valence-corrected chi connectivity index (χ4v) is 2.35. The fourth-order valence-electron chi connectivity index (χ4n) is 2.35. The van der Waals surface area contributed by atoms with E-state index in [0.29, 0.717) is 0 Å². The predicted octanol–water partition coefficient (Wildman–Crippen LogP) is 3.05. The minimum Gasteiger partial charge on any atom is -0.311 e. The fraction of sp³-hybridized carbons (Fsp3) is 0.667. The van der Waals surface area contributed by atoms with E-state index >= 15 is 0 Å². The first-order valence-corrected chi connectivity index (χ1v) is 6.70. The molecule has 1 aromatic heterocycles. The molecule has 1 N–H and O–H groups in total. The van der Waals surface area contributed by atoms with Crippen LogP contribution in [0, 0.1) is 5.92 Å². The van der Waals surface area contributed by atoms with Crippen molar-refractivity contribution in [3.8, 4) is 0 Å². The third-order valence-electron chi connectivity index (χ3n) is 3.65. The lowest BCUT2D eigenvalue weighted by molar-refractivity contribution is 0.477. The Balaban J connectivity index is 2.31. The zero-order chi connectivity index (χ0) is 12.5. The van der Waals surface area contributed by atoms with Crippen LogP contribution in [0.1, 0.15) is 51.1 Å². The van der Waals surface area contributed by atoms with Crippen LogP contribution in [0.25, 0.3) is 0 Å². The molecule has 0 fully saturated rings. The van der Waals surface area contributed by atoms with E-state index in [0.717, 1.165) is 19.0 Å². The Bertz CT molecular complexity index is 390. The average molecular weight is 232 g/mol. The monoisotopic (exact) mass is 232 g/mol. The summed E-state index contributed by atoms with van der Waals surface area (Å²) in [5, 5.41) is 3.52. The topological polar surface area (TPSA) is 24.9 Å². The molecule has 0 amide bonds. The van der Waals surface area contributed by atoms with Crippen LogP contribution in [-0.4, -0.2) is 11.5 Å². The van der Waals surface area contributed by atoms with Gasteiger partial charge in [0, 0.05) is 17.7 Å². The minimum atomic E-state index is 0.144. The zero-order valence-corrected chi connectivity index (χ0v) is 11.5. The van der Waals surface area contributed by atoms with Crippen molar-refractivity contribution in [1.29, 1.82) is 0 Å². The third-order valence-corrected chi connectivity index (χ3v) is 3.65. The predicted molar refractivity (Wildman–Crippen MR) is 72.1 cm³/mol. The van der Waals surface area contributed by atoms with E-state index in [1.54, 1.807) is 0 Å². The molecule has 1 aliphatic heterocycles. The first kappa shape index (κ1) is 12.6. The number of nitrogens with one attached hydrogen (secondary N) is 1. The highest BCUT2D eigenvalue weighted by Crippen LogP contribution is 2.24. The average Bonchev–Trinajstić information content (AvgIpc) is 2.48. The number of aromatic nitrogens is 1.